The van der Waals surface area contributed by atoms with Crippen LogP contribution in [0.15, 0.2) is 36.9 Å². The number of pyridine rings is 1. The second-order valence-corrected chi connectivity index (χ2v) is 9.53. The number of nitrogens with zero attached hydrogens (tertiary/aromatic N) is 4. The molecule has 4 rings (SSSR count). The lowest BCUT2D eigenvalue weighted by atomic mass is 10.3. The predicted molar refractivity (Wildman–Crippen MR) is 111 cm³/mol. The van der Waals surface area contributed by atoms with Gasteiger partial charge in [-0.05, 0) is 25.0 Å². The summed E-state index contributed by atoms with van der Waals surface area (Å²) in [6.07, 6.45) is 7.35. The summed E-state index contributed by atoms with van der Waals surface area (Å²) in [4.78, 5) is 29.5. The van der Waals surface area contributed by atoms with Gasteiger partial charge in [-0.3, -0.25) is 19.5 Å². The molecular formula is C18H18N6O4S2. The van der Waals surface area contributed by atoms with E-state index < -0.39 is 10.0 Å². The van der Waals surface area contributed by atoms with E-state index in [1.165, 1.54) is 37.0 Å². The van der Waals surface area contributed by atoms with Crippen molar-refractivity contribution >= 4 is 33.0 Å². The molecule has 2 N–H and O–H groups in total. The second kappa shape index (κ2) is 8.32. The van der Waals surface area contributed by atoms with Crippen LogP contribution >= 0.6 is 11.3 Å². The third-order valence-corrected chi connectivity index (χ3v) is 7.13. The van der Waals surface area contributed by atoms with E-state index in [-0.39, 0.29) is 17.7 Å². The molecule has 1 amide bonds. The van der Waals surface area contributed by atoms with Gasteiger partial charge in [-0.2, -0.15) is 0 Å². The van der Waals surface area contributed by atoms with Gasteiger partial charge in [0, 0.05) is 6.20 Å². The average molecular weight is 447 g/mol. The van der Waals surface area contributed by atoms with Gasteiger partial charge in [0.2, 0.25) is 15.9 Å². The number of hydrogen-bond donors (Lipinski definition) is 2. The van der Waals surface area contributed by atoms with E-state index in [0.717, 1.165) is 0 Å². The van der Waals surface area contributed by atoms with Crippen molar-refractivity contribution in [1.29, 1.82) is 0 Å². The SMILES string of the molecule is COc1cncc(-c2ncc(C(=O)NCc3cc(NS(=O)(=O)C4CC4)ccn3)s2)n1. The molecule has 10 nitrogen and oxygen atoms in total. The maximum atomic E-state index is 12.5. The Labute approximate surface area is 176 Å². The molecule has 1 fully saturated rings. The first kappa shape index (κ1) is 20.2. The lowest BCUT2D eigenvalue weighted by molar-refractivity contribution is 0.0954. The van der Waals surface area contributed by atoms with Crippen LogP contribution in [0.4, 0.5) is 5.69 Å². The van der Waals surface area contributed by atoms with Gasteiger partial charge in [0.15, 0.2) is 0 Å². The molecule has 0 unspecified atom stereocenters. The molecular weight excluding hydrogens is 428 g/mol. The Balaban J connectivity index is 1.39. The number of sulfonamides is 1. The van der Waals surface area contributed by atoms with Crippen LogP contribution in [-0.4, -0.2) is 46.6 Å². The van der Waals surface area contributed by atoms with Gasteiger partial charge < -0.3 is 10.1 Å². The summed E-state index contributed by atoms with van der Waals surface area (Å²) < 4.78 is 31.7. The molecule has 0 aromatic carbocycles. The molecule has 3 heterocycles. The van der Waals surface area contributed by atoms with E-state index in [0.29, 0.717) is 45.7 Å². The molecule has 1 saturated carbocycles. The van der Waals surface area contributed by atoms with Gasteiger partial charge in [0.1, 0.15) is 15.6 Å². The maximum Gasteiger partial charge on any atom is 0.263 e. The number of carbonyl (C=O) groups excluding carboxylic acids is 1. The highest BCUT2D eigenvalue weighted by molar-refractivity contribution is 7.93. The topological polar surface area (TPSA) is 136 Å². The zero-order valence-electron chi connectivity index (χ0n) is 15.9. The van der Waals surface area contributed by atoms with Crippen molar-refractivity contribution in [3.63, 3.8) is 0 Å². The van der Waals surface area contributed by atoms with Crippen LogP contribution in [0.3, 0.4) is 0 Å². The summed E-state index contributed by atoms with van der Waals surface area (Å²) in [6.45, 7) is 0.143. The molecule has 3 aromatic heterocycles. The summed E-state index contributed by atoms with van der Waals surface area (Å²) in [5.74, 6) is 0.0392. The van der Waals surface area contributed by atoms with Crippen molar-refractivity contribution in [3.8, 4) is 16.6 Å². The van der Waals surface area contributed by atoms with E-state index in [2.05, 4.69) is 30.0 Å². The van der Waals surface area contributed by atoms with E-state index in [4.69, 9.17) is 4.74 Å². The Morgan fingerprint density at radius 2 is 2.10 bits per heavy atom. The van der Waals surface area contributed by atoms with Crippen LogP contribution < -0.4 is 14.8 Å². The molecule has 30 heavy (non-hydrogen) atoms. The number of nitrogens with one attached hydrogen (secondary N) is 2. The van der Waals surface area contributed by atoms with Crippen molar-refractivity contribution in [2.75, 3.05) is 11.8 Å². The smallest absolute Gasteiger partial charge is 0.263 e. The number of carbonyl (C=O) groups is 1. The monoisotopic (exact) mass is 446 g/mol. The summed E-state index contributed by atoms with van der Waals surface area (Å²) in [5.41, 5.74) is 1.47. The van der Waals surface area contributed by atoms with Crippen molar-refractivity contribution in [3.05, 3.63) is 47.5 Å². The number of rotatable bonds is 8. The number of thiazole rings is 1. The van der Waals surface area contributed by atoms with E-state index in [9.17, 15) is 13.2 Å². The Kier molecular flexibility index (Phi) is 5.59. The number of anilines is 1. The zero-order valence-corrected chi connectivity index (χ0v) is 17.5. The minimum absolute atomic E-state index is 0.143. The fourth-order valence-corrected chi connectivity index (χ4v) is 4.73. The molecule has 0 saturated heterocycles. The summed E-state index contributed by atoms with van der Waals surface area (Å²) in [6, 6.07) is 3.18. The van der Waals surface area contributed by atoms with E-state index >= 15 is 0 Å². The van der Waals surface area contributed by atoms with Crippen LogP contribution in [0.25, 0.3) is 10.7 Å². The summed E-state index contributed by atoms with van der Waals surface area (Å²) in [7, 11) is -1.86. The molecule has 12 heteroatoms. The molecule has 3 aromatic rings. The normalized spacial score (nSPS) is 13.6. The van der Waals surface area contributed by atoms with Gasteiger partial charge in [-0.1, -0.05) is 0 Å². The van der Waals surface area contributed by atoms with Crippen LogP contribution in [0.1, 0.15) is 28.2 Å². The first-order valence-electron chi connectivity index (χ1n) is 9.01. The third-order valence-electron chi connectivity index (χ3n) is 4.24. The van der Waals surface area contributed by atoms with Gasteiger partial charge in [0.05, 0.1) is 48.9 Å². The van der Waals surface area contributed by atoms with Crippen LogP contribution in [0.2, 0.25) is 0 Å². The second-order valence-electron chi connectivity index (χ2n) is 6.54. The Hall–Kier alpha value is -3.12. The molecule has 0 spiro atoms. The summed E-state index contributed by atoms with van der Waals surface area (Å²) in [5, 5.41) is 2.99. The molecule has 1 aliphatic rings. The van der Waals surface area contributed by atoms with Crippen LogP contribution in [0, 0.1) is 0 Å². The predicted octanol–water partition coefficient (Wildman–Crippen LogP) is 1.84. The van der Waals surface area contributed by atoms with Gasteiger partial charge in [0.25, 0.3) is 5.91 Å². The van der Waals surface area contributed by atoms with E-state index in [1.807, 2.05) is 0 Å². The average Bonchev–Trinajstić information content (AvgIpc) is 3.50. The van der Waals surface area contributed by atoms with Gasteiger partial charge in [-0.25, -0.2) is 18.4 Å². The minimum Gasteiger partial charge on any atom is -0.480 e. The third kappa shape index (κ3) is 4.71. The van der Waals surface area contributed by atoms with Gasteiger partial charge >= 0.3 is 0 Å². The van der Waals surface area contributed by atoms with Crippen molar-refractivity contribution < 1.29 is 17.9 Å². The number of ether oxygens (including phenoxy) is 1. The highest BCUT2D eigenvalue weighted by Crippen LogP contribution is 2.29. The molecule has 0 aliphatic heterocycles. The number of hydrogen-bond acceptors (Lipinski definition) is 9. The number of amides is 1. The first-order valence-corrected chi connectivity index (χ1v) is 11.4. The fraction of sp³-hybridized carbons (Fsp3) is 0.278. The molecule has 156 valence electrons. The minimum atomic E-state index is -3.35. The standard InChI is InChI=1S/C18H18N6O4S2/c1-28-16-10-19-8-14(23-16)18-22-9-15(29-18)17(25)21-7-12-6-11(4-5-20-12)24-30(26,27)13-2-3-13/h4-6,8-10,13H,2-3,7H2,1H3,(H,20,24)(H,21,25). The van der Waals surface area contributed by atoms with E-state index in [1.54, 1.807) is 18.3 Å². The lowest BCUT2D eigenvalue weighted by Crippen LogP contribution is -2.22. The Bertz CT molecular complexity index is 1180. The summed E-state index contributed by atoms with van der Waals surface area (Å²) >= 11 is 1.18. The molecule has 0 radical (unpaired) electrons. The van der Waals surface area contributed by atoms with Crippen LogP contribution in [0.5, 0.6) is 5.88 Å². The molecule has 1 aliphatic carbocycles. The quantitative estimate of drug-likeness (QED) is 0.535. The lowest BCUT2D eigenvalue weighted by Gasteiger charge is -2.08. The number of methoxy groups -OCH3 is 1. The van der Waals surface area contributed by atoms with Crippen molar-refractivity contribution in [2.24, 2.45) is 0 Å². The first-order chi connectivity index (χ1) is 14.4. The maximum absolute atomic E-state index is 12.5. The highest BCUT2D eigenvalue weighted by Gasteiger charge is 2.35. The Morgan fingerprint density at radius 3 is 2.87 bits per heavy atom. The number of aromatic nitrogens is 4. The largest absolute Gasteiger partial charge is 0.480 e. The molecule has 0 atom stereocenters. The fourth-order valence-electron chi connectivity index (χ4n) is 2.57. The Morgan fingerprint density at radius 1 is 1.27 bits per heavy atom. The van der Waals surface area contributed by atoms with Crippen molar-refractivity contribution in [1.82, 2.24) is 25.3 Å². The zero-order chi connectivity index (χ0) is 21.1. The highest BCUT2D eigenvalue weighted by atomic mass is 32.2. The molecule has 0 bridgehead atoms. The van der Waals surface area contributed by atoms with Crippen molar-refractivity contribution in [2.45, 2.75) is 24.6 Å². The van der Waals surface area contributed by atoms with Crippen LogP contribution in [-0.2, 0) is 16.6 Å². The van der Waals surface area contributed by atoms with Gasteiger partial charge in [-0.15, -0.1) is 11.3 Å².